The lowest BCUT2D eigenvalue weighted by Crippen LogP contribution is -2.52. The summed E-state index contributed by atoms with van der Waals surface area (Å²) in [6.07, 6.45) is 17.7. The number of hydrogen-bond acceptors (Lipinski definition) is 13. The minimum atomic E-state index is -0.772. The molecule has 3 N–H and O–H groups in total. The zero-order chi connectivity index (χ0) is 52.4. The van der Waals surface area contributed by atoms with Crippen LogP contribution >= 0.6 is 0 Å². The zero-order valence-electron chi connectivity index (χ0n) is 43.0. The highest BCUT2D eigenvalue weighted by atomic mass is 19.1. The first-order valence-electron chi connectivity index (χ1n) is 27.4. The number of halogens is 3. The van der Waals surface area contributed by atoms with E-state index in [0.29, 0.717) is 82.9 Å². The molecule has 7 aliphatic heterocycles. The highest BCUT2D eigenvalue weighted by Gasteiger charge is 2.42. The van der Waals surface area contributed by atoms with Crippen LogP contribution in [0.2, 0.25) is 0 Å². The molecule has 76 heavy (non-hydrogen) atoms. The van der Waals surface area contributed by atoms with Crippen LogP contribution in [0, 0.1) is 47.5 Å². The second-order valence-electron chi connectivity index (χ2n) is 22.6. The molecule has 18 heteroatoms. The van der Waals surface area contributed by atoms with Crippen molar-refractivity contribution in [1.29, 1.82) is 0 Å². The molecule has 0 saturated carbocycles. The SMILES string of the molecule is C#Cc1c(F)ccc2cc(O)cc(-c3ncc4c(N5CC6CCC(C5)N6)nc(OC[C@H](C)N5CCC(CC6CCN(CC7CCN(c8ccc9c(c8F)CN(C8CCC(=O)NC8=O)C9=O)CC7)CC6)CC5)nc4c3F)c12. The molecule has 0 spiro atoms. The van der Waals surface area contributed by atoms with Crippen molar-refractivity contribution >= 4 is 50.9 Å². The lowest BCUT2D eigenvalue weighted by Gasteiger charge is -2.40. The van der Waals surface area contributed by atoms with Crippen molar-refractivity contribution in [2.45, 2.75) is 108 Å². The van der Waals surface area contributed by atoms with Gasteiger partial charge in [0, 0.05) is 85.5 Å². The Labute approximate surface area is 440 Å². The number of anilines is 2. The molecule has 6 saturated heterocycles. The first-order valence-corrected chi connectivity index (χ1v) is 27.4. The average molecular weight is 1040 g/mol. The van der Waals surface area contributed by atoms with E-state index < -0.39 is 23.6 Å². The third kappa shape index (κ3) is 9.68. The average Bonchev–Trinajstić information content (AvgIpc) is 4.00. The van der Waals surface area contributed by atoms with Gasteiger partial charge in [0.05, 0.1) is 23.2 Å². The number of hydrogen-bond donors (Lipinski definition) is 3. The molecule has 0 radical (unpaired) electrons. The molecule has 398 valence electrons. The van der Waals surface area contributed by atoms with Crippen molar-refractivity contribution < 1.29 is 37.4 Å². The minimum absolute atomic E-state index is 0.0287. The van der Waals surface area contributed by atoms with Gasteiger partial charge in [-0.2, -0.15) is 9.97 Å². The Balaban J connectivity index is 0.629. The second-order valence-corrected chi connectivity index (χ2v) is 22.6. The number of carbonyl (C=O) groups is 3. The quantitative estimate of drug-likeness (QED) is 0.0856. The molecule has 3 aromatic carbocycles. The molecule has 6 fully saturated rings. The molecule has 5 aromatic rings. The van der Waals surface area contributed by atoms with Gasteiger partial charge < -0.3 is 34.8 Å². The van der Waals surface area contributed by atoms with E-state index in [-0.39, 0.29) is 82.5 Å². The standard InChI is InChI=1S/C58H65F3N10O5/c1-3-41-46(59)8-4-37-25-40(72)26-43(50(37)41)53-52(61)54-44(27-62-53)55(70-29-38-5-6-39(30-70)63-38)66-58(65-54)76-32-33(2)68-20-14-35(15-21-68)24-34-12-18-67(19-13-34)28-36-16-22-69(23-17-36)47-9-7-42-45(51(47)60)31-71(57(42)75)48-10-11-49(73)64-56(48)74/h1,4,7-9,25-27,33-36,38-39,48,63,72H,5-6,10-24,28-32H2,2H3,(H,64,73,74)/t33-,38?,39?,48?/m0/s1. The number of amides is 3. The summed E-state index contributed by atoms with van der Waals surface area (Å²) in [6, 6.07) is 8.91. The molecule has 12 rings (SSSR count). The van der Waals surface area contributed by atoms with Crippen LogP contribution in [-0.4, -0.2) is 142 Å². The molecule has 0 aliphatic carbocycles. The summed E-state index contributed by atoms with van der Waals surface area (Å²) in [7, 11) is 0. The number of nitrogens with zero attached hydrogens (tertiary/aromatic N) is 8. The van der Waals surface area contributed by atoms with E-state index in [1.54, 1.807) is 18.3 Å². The third-order valence-electron chi connectivity index (χ3n) is 17.8. The van der Waals surface area contributed by atoms with Gasteiger partial charge in [-0.15, -0.1) is 6.42 Å². The first kappa shape index (κ1) is 50.3. The summed E-state index contributed by atoms with van der Waals surface area (Å²) in [5.74, 6) is 1.80. The van der Waals surface area contributed by atoms with Crippen molar-refractivity contribution in [2.75, 3.05) is 75.3 Å². The Bertz CT molecular complexity index is 3140. The van der Waals surface area contributed by atoms with Crippen LogP contribution < -0.4 is 25.2 Å². The van der Waals surface area contributed by atoms with Crippen LogP contribution in [-0.2, 0) is 16.1 Å². The number of likely N-dealkylation sites (tertiary alicyclic amines) is 2. The molecule has 2 aromatic heterocycles. The Kier molecular flexibility index (Phi) is 13.7. The lowest BCUT2D eigenvalue weighted by molar-refractivity contribution is -0.136. The summed E-state index contributed by atoms with van der Waals surface area (Å²) in [5, 5.41) is 17.8. The van der Waals surface area contributed by atoms with E-state index in [1.807, 2.05) is 0 Å². The van der Waals surface area contributed by atoms with E-state index >= 15 is 13.2 Å². The minimum Gasteiger partial charge on any atom is -0.508 e. The van der Waals surface area contributed by atoms with Gasteiger partial charge in [-0.1, -0.05) is 12.0 Å². The van der Waals surface area contributed by atoms with E-state index in [0.717, 1.165) is 84.3 Å². The number of ether oxygens (including phenoxy) is 1. The number of aromatic nitrogens is 3. The van der Waals surface area contributed by atoms with Gasteiger partial charge in [0.2, 0.25) is 11.8 Å². The Hall–Kier alpha value is -6.55. The smallest absolute Gasteiger partial charge is 0.319 e. The number of aromatic hydroxyl groups is 1. The Morgan fingerprint density at radius 2 is 1.55 bits per heavy atom. The normalized spacial score (nSPS) is 23.6. The molecule has 7 aliphatic rings. The van der Waals surface area contributed by atoms with Crippen LogP contribution in [0.3, 0.4) is 0 Å². The van der Waals surface area contributed by atoms with Crippen LogP contribution in [0.1, 0.15) is 99.0 Å². The highest BCUT2D eigenvalue weighted by Crippen LogP contribution is 2.41. The van der Waals surface area contributed by atoms with Crippen molar-refractivity contribution in [1.82, 2.24) is 40.3 Å². The number of piperazine rings is 1. The second kappa shape index (κ2) is 20.8. The number of rotatable bonds is 12. The molecule has 9 heterocycles. The molecular formula is C58H65F3N10O5. The maximum Gasteiger partial charge on any atom is 0.319 e. The number of piperidine rings is 4. The van der Waals surface area contributed by atoms with Gasteiger partial charge in [0.25, 0.3) is 5.91 Å². The molecule has 2 bridgehead atoms. The predicted octanol–water partition coefficient (Wildman–Crippen LogP) is 7.15. The van der Waals surface area contributed by atoms with E-state index in [4.69, 9.17) is 16.1 Å². The van der Waals surface area contributed by atoms with Gasteiger partial charge in [-0.05, 0) is 151 Å². The van der Waals surface area contributed by atoms with E-state index in [1.165, 1.54) is 48.4 Å². The topological polar surface area (TPSA) is 160 Å². The van der Waals surface area contributed by atoms with Crippen LogP contribution in [0.25, 0.3) is 32.9 Å². The van der Waals surface area contributed by atoms with Gasteiger partial charge >= 0.3 is 6.01 Å². The molecule has 4 atom stereocenters. The van der Waals surface area contributed by atoms with Crippen LogP contribution in [0.5, 0.6) is 11.8 Å². The summed E-state index contributed by atoms with van der Waals surface area (Å²) in [6.45, 7) is 10.6. The number of benzene rings is 3. The van der Waals surface area contributed by atoms with Crippen LogP contribution in [0.15, 0.2) is 42.6 Å². The Morgan fingerprint density at radius 3 is 2.28 bits per heavy atom. The first-order chi connectivity index (χ1) is 36.8. The molecule has 3 amide bonds. The Morgan fingerprint density at radius 1 is 0.829 bits per heavy atom. The van der Waals surface area contributed by atoms with Gasteiger partial charge in [0.15, 0.2) is 11.6 Å². The fourth-order valence-electron chi connectivity index (χ4n) is 13.6. The number of carbonyl (C=O) groups excluding carboxylic acids is 3. The summed E-state index contributed by atoms with van der Waals surface area (Å²) < 4.78 is 54.6. The van der Waals surface area contributed by atoms with Gasteiger partial charge in [-0.25, -0.2) is 13.2 Å². The van der Waals surface area contributed by atoms with Crippen molar-refractivity contribution in [3.05, 3.63) is 76.7 Å². The third-order valence-corrected chi connectivity index (χ3v) is 17.8. The highest BCUT2D eigenvalue weighted by molar-refractivity contribution is 6.06. The number of fused-ring (bicyclic) bond motifs is 5. The zero-order valence-corrected chi connectivity index (χ0v) is 43.0. The van der Waals surface area contributed by atoms with E-state index in [2.05, 4.69) is 53.0 Å². The maximum atomic E-state index is 17.1. The number of phenolic OH excluding ortho intramolecular Hbond substituents is 1. The van der Waals surface area contributed by atoms with Gasteiger partial charge in [0.1, 0.15) is 41.2 Å². The number of imide groups is 1. The number of phenols is 1. The van der Waals surface area contributed by atoms with Crippen molar-refractivity contribution in [2.24, 2.45) is 17.8 Å². The monoisotopic (exact) mass is 1040 g/mol. The fraction of sp³-hybridized carbons (Fsp3) is 0.517. The maximum absolute atomic E-state index is 17.1. The number of nitrogens with one attached hydrogen (secondary N) is 2. The van der Waals surface area contributed by atoms with Gasteiger partial charge in [-0.3, -0.25) is 29.6 Å². The predicted molar refractivity (Wildman–Crippen MR) is 282 cm³/mol. The number of terminal acetylenes is 1. The van der Waals surface area contributed by atoms with Crippen molar-refractivity contribution in [3.8, 4) is 35.4 Å². The molecule has 3 unspecified atom stereocenters. The number of pyridine rings is 1. The molecular weight excluding hydrogens is 974 g/mol. The van der Waals surface area contributed by atoms with Crippen LogP contribution in [0.4, 0.5) is 24.7 Å². The molecule has 15 nitrogen and oxygen atoms in total. The summed E-state index contributed by atoms with van der Waals surface area (Å²) in [4.78, 5) is 62.4. The fourth-order valence-corrected chi connectivity index (χ4v) is 13.6. The largest absolute Gasteiger partial charge is 0.508 e. The lowest BCUT2D eigenvalue weighted by atomic mass is 9.82. The van der Waals surface area contributed by atoms with E-state index in [9.17, 15) is 19.5 Å². The summed E-state index contributed by atoms with van der Waals surface area (Å²) in [5.41, 5.74) is 1.19. The van der Waals surface area contributed by atoms with Crippen molar-refractivity contribution in [3.63, 3.8) is 0 Å². The summed E-state index contributed by atoms with van der Waals surface area (Å²) >= 11 is 0.